The van der Waals surface area contributed by atoms with Crippen LogP contribution < -0.4 is 10.6 Å². The minimum Gasteiger partial charge on any atom is -0.376 e. The van der Waals surface area contributed by atoms with E-state index in [-0.39, 0.29) is 11.9 Å². The van der Waals surface area contributed by atoms with Crippen LogP contribution in [-0.2, 0) is 11.3 Å². The van der Waals surface area contributed by atoms with Gasteiger partial charge in [-0.05, 0) is 37.1 Å². The molecule has 0 bridgehead atoms. The number of rotatable bonds is 3. The molecule has 1 aliphatic heterocycles. The highest BCUT2D eigenvalue weighted by Crippen LogP contribution is 2.27. The highest BCUT2D eigenvalue weighted by atomic mass is 19.1. The molecule has 1 heterocycles. The van der Waals surface area contributed by atoms with Crippen LogP contribution in [0.5, 0.6) is 0 Å². The molecule has 1 saturated heterocycles. The molecule has 0 saturated carbocycles. The first-order valence-electron chi connectivity index (χ1n) is 5.96. The molecule has 3 nitrogen and oxygen atoms in total. The number of anilines is 1. The van der Waals surface area contributed by atoms with Crippen LogP contribution in [0.4, 0.5) is 10.1 Å². The second-order valence-corrected chi connectivity index (χ2v) is 4.52. The summed E-state index contributed by atoms with van der Waals surface area (Å²) in [5, 5.41) is 0. The molecule has 1 fully saturated rings. The van der Waals surface area contributed by atoms with Gasteiger partial charge in [-0.15, -0.1) is 0 Å². The van der Waals surface area contributed by atoms with Crippen LogP contribution in [0.3, 0.4) is 0 Å². The van der Waals surface area contributed by atoms with E-state index in [9.17, 15) is 4.39 Å². The van der Waals surface area contributed by atoms with Crippen LogP contribution in [0.15, 0.2) is 18.2 Å². The van der Waals surface area contributed by atoms with Crippen molar-refractivity contribution in [2.45, 2.75) is 32.0 Å². The summed E-state index contributed by atoms with van der Waals surface area (Å²) < 4.78 is 18.7. The van der Waals surface area contributed by atoms with Crippen LogP contribution >= 0.6 is 0 Å². The van der Waals surface area contributed by atoms with E-state index in [1.165, 1.54) is 12.1 Å². The van der Waals surface area contributed by atoms with Gasteiger partial charge in [0, 0.05) is 25.9 Å². The normalized spacial score (nSPS) is 24.0. The van der Waals surface area contributed by atoms with E-state index >= 15 is 0 Å². The average Bonchev–Trinajstić information content (AvgIpc) is 2.74. The summed E-state index contributed by atoms with van der Waals surface area (Å²) in [4.78, 5) is 2.15. The molecule has 4 heteroatoms. The smallest absolute Gasteiger partial charge is 0.123 e. The molecule has 2 unspecified atom stereocenters. The van der Waals surface area contributed by atoms with Crippen molar-refractivity contribution < 1.29 is 9.13 Å². The molecule has 94 valence electrons. The van der Waals surface area contributed by atoms with Gasteiger partial charge in [0.15, 0.2) is 0 Å². The van der Waals surface area contributed by atoms with Crippen LogP contribution in [0, 0.1) is 5.82 Å². The molecule has 0 spiro atoms. The molecule has 2 atom stereocenters. The minimum absolute atomic E-state index is 0.204. The number of likely N-dealkylation sites (N-methyl/N-ethyl adjacent to an activating group) is 1. The molecule has 17 heavy (non-hydrogen) atoms. The molecule has 0 aromatic heterocycles. The molecule has 2 N–H and O–H groups in total. The highest BCUT2D eigenvalue weighted by Gasteiger charge is 2.28. The van der Waals surface area contributed by atoms with Crippen molar-refractivity contribution in [2.24, 2.45) is 5.73 Å². The molecule has 2 rings (SSSR count). The molecule has 0 aliphatic carbocycles. The maximum atomic E-state index is 13.2. The Hall–Kier alpha value is -1.13. The Morgan fingerprint density at radius 2 is 2.29 bits per heavy atom. The summed E-state index contributed by atoms with van der Waals surface area (Å²) in [6.45, 7) is 3.20. The number of hydrogen-bond acceptors (Lipinski definition) is 3. The van der Waals surface area contributed by atoms with Gasteiger partial charge in [-0.3, -0.25) is 0 Å². The second kappa shape index (κ2) is 5.02. The Morgan fingerprint density at radius 1 is 1.53 bits per heavy atom. The predicted octanol–water partition coefficient (Wildman–Crippen LogP) is 1.90. The fourth-order valence-electron chi connectivity index (χ4n) is 2.47. The van der Waals surface area contributed by atoms with Crippen molar-refractivity contribution in [3.8, 4) is 0 Å². The number of halogens is 1. The SMILES string of the molecule is CC1OCCC1N(C)c1ccc(F)cc1CN. The van der Waals surface area contributed by atoms with Gasteiger partial charge < -0.3 is 15.4 Å². The third kappa shape index (κ3) is 2.42. The summed E-state index contributed by atoms with van der Waals surface area (Å²) in [6.07, 6.45) is 1.20. The molecule has 1 aliphatic rings. The van der Waals surface area contributed by atoms with Crippen molar-refractivity contribution in [1.29, 1.82) is 0 Å². The Morgan fingerprint density at radius 3 is 2.88 bits per heavy atom. The molecular formula is C13H19FN2O. The van der Waals surface area contributed by atoms with E-state index in [1.54, 1.807) is 6.07 Å². The summed E-state index contributed by atoms with van der Waals surface area (Å²) in [5.41, 5.74) is 7.50. The summed E-state index contributed by atoms with van der Waals surface area (Å²) in [6, 6.07) is 5.12. The Balaban J connectivity index is 2.26. The topological polar surface area (TPSA) is 38.5 Å². The van der Waals surface area contributed by atoms with Crippen molar-refractivity contribution in [2.75, 3.05) is 18.6 Å². The fraction of sp³-hybridized carbons (Fsp3) is 0.538. The van der Waals surface area contributed by atoms with E-state index in [2.05, 4.69) is 11.8 Å². The summed E-state index contributed by atoms with van der Waals surface area (Å²) >= 11 is 0. The van der Waals surface area contributed by atoms with Crippen molar-refractivity contribution in [3.05, 3.63) is 29.6 Å². The fourth-order valence-corrected chi connectivity index (χ4v) is 2.47. The third-order valence-corrected chi connectivity index (χ3v) is 3.48. The Kier molecular flexibility index (Phi) is 3.64. The third-order valence-electron chi connectivity index (χ3n) is 3.48. The van der Waals surface area contributed by atoms with Gasteiger partial charge >= 0.3 is 0 Å². The van der Waals surface area contributed by atoms with Gasteiger partial charge in [-0.2, -0.15) is 0 Å². The zero-order chi connectivity index (χ0) is 12.4. The van der Waals surface area contributed by atoms with Crippen LogP contribution in [0.2, 0.25) is 0 Å². The van der Waals surface area contributed by atoms with Crippen LogP contribution in [-0.4, -0.2) is 25.8 Å². The second-order valence-electron chi connectivity index (χ2n) is 4.52. The first-order chi connectivity index (χ1) is 8.13. The maximum absolute atomic E-state index is 13.2. The number of nitrogens with zero attached hydrogens (tertiary/aromatic N) is 1. The van der Waals surface area contributed by atoms with Gasteiger partial charge in [0.05, 0.1) is 12.1 Å². The van der Waals surface area contributed by atoms with Crippen LogP contribution in [0.1, 0.15) is 18.9 Å². The minimum atomic E-state index is -0.238. The number of ether oxygens (including phenoxy) is 1. The maximum Gasteiger partial charge on any atom is 0.123 e. The van der Waals surface area contributed by atoms with Gasteiger partial charge in [0.1, 0.15) is 5.82 Å². The standard InChI is InChI=1S/C13H19FN2O/c1-9-12(5-6-17-9)16(2)13-4-3-11(14)7-10(13)8-15/h3-4,7,9,12H,5-6,8,15H2,1-2H3. The van der Waals surface area contributed by atoms with Crippen LogP contribution in [0.25, 0.3) is 0 Å². The molecule has 0 radical (unpaired) electrons. The first-order valence-corrected chi connectivity index (χ1v) is 5.96. The van der Waals surface area contributed by atoms with Gasteiger partial charge in [0.2, 0.25) is 0 Å². The van der Waals surface area contributed by atoms with Crippen molar-refractivity contribution in [1.82, 2.24) is 0 Å². The quantitative estimate of drug-likeness (QED) is 0.874. The zero-order valence-electron chi connectivity index (χ0n) is 10.3. The monoisotopic (exact) mass is 238 g/mol. The molecular weight excluding hydrogens is 219 g/mol. The highest BCUT2D eigenvalue weighted by molar-refractivity contribution is 5.54. The lowest BCUT2D eigenvalue weighted by atomic mass is 10.1. The van der Waals surface area contributed by atoms with E-state index in [0.717, 1.165) is 24.3 Å². The Bertz CT molecular complexity index is 397. The molecule has 1 aromatic carbocycles. The van der Waals surface area contributed by atoms with Gasteiger partial charge in [-0.25, -0.2) is 4.39 Å². The lowest BCUT2D eigenvalue weighted by molar-refractivity contribution is 0.118. The van der Waals surface area contributed by atoms with E-state index in [0.29, 0.717) is 12.6 Å². The van der Waals surface area contributed by atoms with E-state index < -0.39 is 0 Å². The number of benzene rings is 1. The van der Waals surface area contributed by atoms with E-state index in [4.69, 9.17) is 10.5 Å². The lowest BCUT2D eigenvalue weighted by Gasteiger charge is -2.30. The van der Waals surface area contributed by atoms with Gasteiger partial charge in [-0.1, -0.05) is 0 Å². The largest absolute Gasteiger partial charge is 0.376 e. The number of hydrogen-bond donors (Lipinski definition) is 1. The van der Waals surface area contributed by atoms with Crippen molar-refractivity contribution in [3.63, 3.8) is 0 Å². The first kappa shape index (κ1) is 12.3. The molecule has 0 amide bonds. The number of nitrogens with two attached hydrogens (primary N) is 1. The summed E-state index contributed by atoms with van der Waals surface area (Å²) in [5.74, 6) is -0.238. The lowest BCUT2D eigenvalue weighted by Crippen LogP contribution is -2.37. The van der Waals surface area contributed by atoms with Crippen molar-refractivity contribution >= 4 is 5.69 Å². The van der Waals surface area contributed by atoms with Gasteiger partial charge in [0.25, 0.3) is 0 Å². The molecule has 1 aromatic rings. The Labute approximate surface area is 101 Å². The summed E-state index contributed by atoms with van der Waals surface area (Å²) in [7, 11) is 2.02. The predicted molar refractivity (Wildman–Crippen MR) is 66.5 cm³/mol. The van der Waals surface area contributed by atoms with E-state index in [1.807, 2.05) is 7.05 Å². The zero-order valence-corrected chi connectivity index (χ0v) is 10.3. The average molecular weight is 238 g/mol.